The molecule has 0 aromatic carbocycles. The first-order chi connectivity index (χ1) is 5.18. The van der Waals surface area contributed by atoms with Crippen LogP contribution in [-0.4, -0.2) is 17.6 Å². The molecule has 0 bridgehead atoms. The summed E-state index contributed by atoms with van der Waals surface area (Å²) >= 11 is 1.56. The maximum atomic E-state index is 10.1. The number of nitrogens with one attached hydrogen (secondary N) is 1. The van der Waals surface area contributed by atoms with Gasteiger partial charge in [0.2, 0.25) is 0 Å². The summed E-state index contributed by atoms with van der Waals surface area (Å²) in [5.41, 5.74) is 0. The summed E-state index contributed by atoms with van der Waals surface area (Å²) in [5.74, 6) is -0.837. The molecule has 2 N–H and O–H groups in total. The zero-order valence-electron chi connectivity index (χ0n) is 6.13. The second-order valence-corrected chi connectivity index (χ2v) is 3.45. The van der Waals surface area contributed by atoms with Gasteiger partial charge in [-0.05, 0) is 19.1 Å². The SMILES string of the molecule is Cc1ccc(NCC(=O)O)s1. The first-order valence-corrected chi connectivity index (χ1v) is 4.02. The van der Waals surface area contributed by atoms with Crippen molar-refractivity contribution in [3.05, 3.63) is 17.0 Å². The van der Waals surface area contributed by atoms with Gasteiger partial charge in [-0.15, -0.1) is 11.3 Å². The predicted molar refractivity (Wildman–Crippen MR) is 45.2 cm³/mol. The maximum Gasteiger partial charge on any atom is 0.322 e. The van der Waals surface area contributed by atoms with Crippen LogP contribution < -0.4 is 5.32 Å². The smallest absolute Gasteiger partial charge is 0.322 e. The molecule has 1 heterocycles. The Morgan fingerprint density at radius 1 is 1.73 bits per heavy atom. The van der Waals surface area contributed by atoms with Gasteiger partial charge in [0.25, 0.3) is 0 Å². The molecule has 0 radical (unpaired) electrons. The Morgan fingerprint density at radius 3 is 2.91 bits per heavy atom. The average Bonchev–Trinajstić information content (AvgIpc) is 2.31. The fourth-order valence-electron chi connectivity index (χ4n) is 0.692. The van der Waals surface area contributed by atoms with E-state index in [0.29, 0.717) is 0 Å². The fourth-order valence-corrected chi connectivity index (χ4v) is 1.46. The van der Waals surface area contributed by atoms with Crippen molar-refractivity contribution < 1.29 is 9.90 Å². The third-order valence-corrected chi connectivity index (χ3v) is 2.11. The molecule has 0 saturated heterocycles. The molecule has 0 saturated carbocycles. The summed E-state index contributed by atoms with van der Waals surface area (Å²) in [5, 5.41) is 12.0. The van der Waals surface area contributed by atoms with Gasteiger partial charge in [-0.1, -0.05) is 0 Å². The number of anilines is 1. The maximum absolute atomic E-state index is 10.1. The van der Waals surface area contributed by atoms with E-state index in [4.69, 9.17) is 5.11 Å². The van der Waals surface area contributed by atoms with Crippen LogP contribution >= 0.6 is 11.3 Å². The van der Waals surface area contributed by atoms with Gasteiger partial charge in [-0.3, -0.25) is 4.79 Å². The van der Waals surface area contributed by atoms with E-state index >= 15 is 0 Å². The molecule has 1 rings (SSSR count). The van der Waals surface area contributed by atoms with E-state index in [1.165, 1.54) is 4.88 Å². The topological polar surface area (TPSA) is 49.3 Å². The van der Waals surface area contributed by atoms with Crippen molar-refractivity contribution >= 4 is 22.3 Å². The molecule has 0 amide bonds. The van der Waals surface area contributed by atoms with E-state index in [2.05, 4.69) is 5.32 Å². The molecule has 1 aromatic heterocycles. The van der Waals surface area contributed by atoms with Crippen LogP contribution in [-0.2, 0) is 4.79 Å². The van der Waals surface area contributed by atoms with E-state index in [-0.39, 0.29) is 6.54 Å². The van der Waals surface area contributed by atoms with Gasteiger partial charge in [-0.2, -0.15) is 0 Å². The second kappa shape index (κ2) is 3.39. The van der Waals surface area contributed by atoms with Crippen molar-refractivity contribution in [1.82, 2.24) is 0 Å². The van der Waals surface area contributed by atoms with E-state index in [1.807, 2.05) is 19.1 Å². The number of rotatable bonds is 3. The van der Waals surface area contributed by atoms with Crippen molar-refractivity contribution in [1.29, 1.82) is 0 Å². The van der Waals surface area contributed by atoms with Crippen molar-refractivity contribution in [2.75, 3.05) is 11.9 Å². The number of carboxylic acid groups (broad SMARTS) is 1. The highest BCUT2D eigenvalue weighted by Crippen LogP contribution is 2.19. The Bertz CT molecular complexity index is 257. The molecule has 0 aliphatic heterocycles. The standard InChI is InChI=1S/C7H9NO2S/c1-5-2-3-6(11-5)8-4-7(9)10/h2-3,8H,4H2,1H3,(H,9,10). The largest absolute Gasteiger partial charge is 0.480 e. The minimum Gasteiger partial charge on any atom is -0.480 e. The Balaban J connectivity index is 2.45. The summed E-state index contributed by atoms with van der Waals surface area (Å²) in [4.78, 5) is 11.3. The number of aryl methyl sites for hydroxylation is 1. The zero-order valence-corrected chi connectivity index (χ0v) is 6.94. The Kier molecular flexibility index (Phi) is 2.48. The first kappa shape index (κ1) is 8.07. The molecular formula is C7H9NO2S. The summed E-state index contributed by atoms with van der Waals surface area (Å²) in [7, 11) is 0. The van der Waals surface area contributed by atoms with E-state index in [9.17, 15) is 4.79 Å². The monoisotopic (exact) mass is 171 g/mol. The molecule has 60 valence electrons. The number of aliphatic carboxylic acids is 1. The summed E-state index contributed by atoms with van der Waals surface area (Å²) in [6.45, 7) is 1.97. The van der Waals surface area contributed by atoms with Crippen LogP contribution in [0.3, 0.4) is 0 Å². The zero-order chi connectivity index (χ0) is 8.27. The summed E-state index contributed by atoms with van der Waals surface area (Å²) in [6.07, 6.45) is 0. The van der Waals surface area contributed by atoms with Crippen molar-refractivity contribution in [3.63, 3.8) is 0 Å². The fraction of sp³-hybridized carbons (Fsp3) is 0.286. The predicted octanol–water partition coefficient (Wildman–Crippen LogP) is 1.55. The Labute approximate surface area is 68.7 Å². The van der Waals surface area contributed by atoms with Gasteiger partial charge in [0.15, 0.2) is 0 Å². The van der Waals surface area contributed by atoms with Gasteiger partial charge < -0.3 is 10.4 Å². The normalized spacial score (nSPS) is 9.55. The lowest BCUT2D eigenvalue weighted by Crippen LogP contribution is -2.11. The minimum absolute atomic E-state index is 0.0139. The van der Waals surface area contributed by atoms with Crippen LogP contribution in [0.25, 0.3) is 0 Å². The van der Waals surface area contributed by atoms with E-state index in [1.54, 1.807) is 11.3 Å². The molecule has 11 heavy (non-hydrogen) atoms. The lowest BCUT2D eigenvalue weighted by Gasteiger charge is -1.96. The lowest BCUT2D eigenvalue weighted by atomic mass is 10.5. The molecule has 0 fully saturated rings. The van der Waals surface area contributed by atoms with Gasteiger partial charge >= 0.3 is 5.97 Å². The van der Waals surface area contributed by atoms with Gasteiger partial charge in [0, 0.05) is 4.88 Å². The van der Waals surface area contributed by atoms with E-state index in [0.717, 1.165) is 5.00 Å². The number of hydrogen-bond acceptors (Lipinski definition) is 3. The molecular weight excluding hydrogens is 162 g/mol. The van der Waals surface area contributed by atoms with Gasteiger partial charge in [0.05, 0.1) is 5.00 Å². The van der Waals surface area contributed by atoms with Crippen LogP contribution in [0, 0.1) is 6.92 Å². The van der Waals surface area contributed by atoms with Crippen LogP contribution in [0.5, 0.6) is 0 Å². The highest BCUT2D eigenvalue weighted by atomic mass is 32.1. The first-order valence-electron chi connectivity index (χ1n) is 3.20. The molecule has 0 atom stereocenters. The van der Waals surface area contributed by atoms with Crippen molar-refractivity contribution in [3.8, 4) is 0 Å². The molecule has 4 heteroatoms. The summed E-state index contributed by atoms with van der Waals surface area (Å²) < 4.78 is 0. The summed E-state index contributed by atoms with van der Waals surface area (Å²) in [6, 6.07) is 3.83. The van der Waals surface area contributed by atoms with Gasteiger partial charge in [-0.25, -0.2) is 0 Å². The van der Waals surface area contributed by atoms with Crippen LogP contribution in [0.4, 0.5) is 5.00 Å². The Hall–Kier alpha value is -1.03. The third-order valence-electron chi connectivity index (χ3n) is 1.15. The Morgan fingerprint density at radius 2 is 2.45 bits per heavy atom. The highest BCUT2D eigenvalue weighted by molar-refractivity contribution is 7.16. The average molecular weight is 171 g/mol. The molecule has 0 aliphatic rings. The molecule has 3 nitrogen and oxygen atoms in total. The molecule has 0 aliphatic carbocycles. The van der Waals surface area contributed by atoms with Crippen LogP contribution in [0.15, 0.2) is 12.1 Å². The van der Waals surface area contributed by atoms with Crippen molar-refractivity contribution in [2.24, 2.45) is 0 Å². The number of hydrogen-bond donors (Lipinski definition) is 2. The number of thiophene rings is 1. The quantitative estimate of drug-likeness (QED) is 0.725. The lowest BCUT2D eigenvalue weighted by molar-refractivity contribution is -0.134. The van der Waals surface area contributed by atoms with E-state index < -0.39 is 5.97 Å². The number of carbonyl (C=O) groups is 1. The second-order valence-electron chi connectivity index (χ2n) is 2.16. The molecule has 0 spiro atoms. The highest BCUT2D eigenvalue weighted by Gasteiger charge is 1.97. The van der Waals surface area contributed by atoms with Crippen LogP contribution in [0.2, 0.25) is 0 Å². The number of carboxylic acids is 1. The van der Waals surface area contributed by atoms with Crippen LogP contribution in [0.1, 0.15) is 4.88 Å². The van der Waals surface area contributed by atoms with Gasteiger partial charge in [0.1, 0.15) is 6.54 Å². The minimum atomic E-state index is -0.837. The molecule has 0 unspecified atom stereocenters. The molecule has 1 aromatic rings. The van der Waals surface area contributed by atoms with Crippen molar-refractivity contribution in [2.45, 2.75) is 6.92 Å². The third kappa shape index (κ3) is 2.59.